The Hall–Kier alpha value is -8.71. The minimum atomic E-state index is -1.08. The Bertz CT molecular complexity index is 3640. The molecule has 20 heteroatoms. The van der Waals surface area contributed by atoms with Crippen LogP contribution in [0.5, 0.6) is 0 Å². The molecule has 12 rings (SSSR count). The lowest BCUT2D eigenvalue weighted by Crippen LogP contribution is -2.38. The van der Waals surface area contributed by atoms with E-state index in [9.17, 15) is 14.4 Å². The third-order valence-electron chi connectivity index (χ3n) is 14.7. The van der Waals surface area contributed by atoms with Crippen LogP contribution >= 0.6 is 34.8 Å². The predicted molar refractivity (Wildman–Crippen MR) is 347 cm³/mol. The number of hydrazone groups is 1. The topological polar surface area (TPSA) is 214 Å². The summed E-state index contributed by atoms with van der Waals surface area (Å²) in [6, 6.07) is 48.0. The number of aliphatic carboxylic acids is 2. The van der Waals surface area contributed by atoms with E-state index in [0.717, 1.165) is 136 Å². The average molecular weight is 1240 g/mol. The Morgan fingerprint density at radius 1 is 0.534 bits per heavy atom. The number of carboxylic acid groups (broad SMARTS) is 2. The molecule has 0 saturated carbocycles. The second-order valence-corrected chi connectivity index (χ2v) is 23.1. The highest BCUT2D eigenvalue weighted by Gasteiger charge is 2.27. The predicted octanol–water partition coefficient (Wildman–Crippen LogP) is 13.0. The van der Waals surface area contributed by atoms with E-state index < -0.39 is 17.5 Å². The van der Waals surface area contributed by atoms with Gasteiger partial charge in [-0.1, -0.05) is 126 Å². The molecule has 0 fully saturated rings. The van der Waals surface area contributed by atoms with Crippen LogP contribution in [-0.4, -0.2) is 113 Å². The number of carbonyl (C=O) groups is 3. The van der Waals surface area contributed by atoms with Gasteiger partial charge in [-0.05, 0) is 173 Å². The minimum absolute atomic E-state index is 0.283. The van der Waals surface area contributed by atoms with Crippen molar-refractivity contribution in [3.63, 3.8) is 0 Å². The van der Waals surface area contributed by atoms with E-state index in [2.05, 4.69) is 48.4 Å². The van der Waals surface area contributed by atoms with E-state index >= 15 is 0 Å². The Kier molecular flexibility index (Phi) is 22.3. The van der Waals surface area contributed by atoms with E-state index in [0.29, 0.717) is 24.5 Å². The Morgan fingerprint density at radius 2 is 0.977 bits per heavy atom. The van der Waals surface area contributed by atoms with Gasteiger partial charge in [-0.15, -0.1) is 0 Å². The molecular formula is C68H70Cl3N11O6. The maximum absolute atomic E-state index is 12.6. The molecule has 1 amide bonds. The molecular weight excluding hydrogens is 1170 g/mol. The Labute approximate surface area is 527 Å². The number of hydrogen-bond acceptors (Lipinski definition) is 12. The van der Waals surface area contributed by atoms with Crippen LogP contribution in [0.3, 0.4) is 0 Å². The largest absolute Gasteiger partial charge is 0.481 e. The van der Waals surface area contributed by atoms with Crippen LogP contribution in [0.1, 0.15) is 78.1 Å². The van der Waals surface area contributed by atoms with Crippen LogP contribution in [0.25, 0.3) is 34.2 Å². The summed E-state index contributed by atoms with van der Waals surface area (Å²) in [6.07, 6.45) is 11.6. The van der Waals surface area contributed by atoms with Gasteiger partial charge in [0.1, 0.15) is 5.60 Å². The zero-order valence-electron chi connectivity index (χ0n) is 49.3. The molecule has 0 unspecified atom stereocenters. The number of nitrogens with zero attached hydrogens (tertiary/aromatic N) is 8. The quantitative estimate of drug-likeness (QED) is 0.0603. The molecule has 0 bridgehead atoms. The lowest BCUT2D eigenvalue weighted by molar-refractivity contribution is -0.143. The third kappa shape index (κ3) is 16.9. The normalized spacial score (nSPS) is 13.5. The van der Waals surface area contributed by atoms with Gasteiger partial charge in [0.25, 0.3) is 0 Å². The summed E-state index contributed by atoms with van der Waals surface area (Å²) in [5.41, 5.74) is 19.6. The summed E-state index contributed by atoms with van der Waals surface area (Å²) < 4.78 is 9.44. The first kappa shape index (κ1) is 63.8. The number of aromatic nitrogens is 6. The molecule has 3 aliphatic rings. The molecule has 3 aliphatic heterocycles. The molecule has 5 aromatic carbocycles. The monoisotopic (exact) mass is 1240 g/mol. The number of hydrogen-bond donors (Lipinski definition) is 5. The van der Waals surface area contributed by atoms with Crippen LogP contribution in [0.15, 0.2) is 175 Å². The van der Waals surface area contributed by atoms with E-state index in [1.54, 1.807) is 29.7 Å². The van der Waals surface area contributed by atoms with Crippen molar-refractivity contribution in [1.82, 2.24) is 45.1 Å². The van der Waals surface area contributed by atoms with Crippen LogP contribution in [0, 0.1) is 0 Å². The summed E-state index contributed by atoms with van der Waals surface area (Å²) >= 11 is 19.8. The van der Waals surface area contributed by atoms with Crippen molar-refractivity contribution in [3.05, 3.63) is 230 Å². The molecule has 4 aromatic heterocycles. The third-order valence-corrected chi connectivity index (χ3v) is 15.6. The summed E-state index contributed by atoms with van der Waals surface area (Å²) in [4.78, 5) is 42.6. The summed E-state index contributed by atoms with van der Waals surface area (Å²) in [6.45, 7) is 10.7. The number of rotatable bonds is 11. The van der Waals surface area contributed by atoms with E-state index in [1.807, 2.05) is 164 Å². The number of anilines is 1. The molecule has 454 valence electrons. The number of pyridine rings is 2. The van der Waals surface area contributed by atoms with Gasteiger partial charge in [0.15, 0.2) is 0 Å². The molecule has 0 saturated heterocycles. The van der Waals surface area contributed by atoms with Crippen molar-refractivity contribution < 1.29 is 29.3 Å². The van der Waals surface area contributed by atoms with Crippen LogP contribution < -0.4 is 16.1 Å². The van der Waals surface area contributed by atoms with Crippen LogP contribution in [0.2, 0.25) is 15.1 Å². The van der Waals surface area contributed by atoms with Crippen molar-refractivity contribution >= 4 is 64.2 Å². The van der Waals surface area contributed by atoms with Crippen molar-refractivity contribution in [3.8, 4) is 34.2 Å². The van der Waals surface area contributed by atoms with Crippen molar-refractivity contribution in [2.24, 2.45) is 5.10 Å². The van der Waals surface area contributed by atoms with Gasteiger partial charge in [0.2, 0.25) is 0 Å². The van der Waals surface area contributed by atoms with Gasteiger partial charge in [-0.2, -0.15) is 15.3 Å². The maximum Gasteiger partial charge on any atom is 0.410 e. The molecule has 5 N–H and O–H groups in total. The number of fused-ring (bicyclic) bond motifs is 3. The van der Waals surface area contributed by atoms with Gasteiger partial charge in [-0.25, -0.2) is 14.2 Å². The smallest absolute Gasteiger partial charge is 0.410 e. The van der Waals surface area contributed by atoms with Gasteiger partial charge >= 0.3 is 18.0 Å². The second kappa shape index (κ2) is 30.8. The Morgan fingerprint density at radius 3 is 1.43 bits per heavy atom. The summed E-state index contributed by atoms with van der Waals surface area (Å²) in [5, 5.41) is 38.6. The fourth-order valence-electron chi connectivity index (χ4n) is 10.5. The van der Waals surface area contributed by atoms with Crippen LogP contribution in [0.4, 0.5) is 10.5 Å². The standard InChI is InChI=1S/C28H30ClN3O2.2C18H17ClN4.C4H6O4/c1-28(2,3)34-27(33)32-18-16-20-14-15-24(29)26(23(20)17-19-32)31-30-25(21-10-6-4-7-11-21)22-12-8-5-9-13-22;2*19-15-5-4-13-6-10-20-11-7-14(13)18(15)23-17(8-12-22-23)16-3-1-2-9-21-16;5-3(6)1-2-4(7)8/h4-15,31H,16-19H2,1-3H3;2*1-5,8-9,12,20H,6-7,10-11H2;1-2H2,(H,5,6)(H,7,8). The van der Waals surface area contributed by atoms with Crippen molar-refractivity contribution in [1.29, 1.82) is 0 Å². The van der Waals surface area contributed by atoms with Crippen LogP contribution in [-0.2, 0) is 52.9 Å². The number of carbonyl (C=O) groups excluding carboxylic acids is 1. The summed E-state index contributed by atoms with van der Waals surface area (Å²) in [5.74, 6) is -2.15. The highest BCUT2D eigenvalue weighted by Crippen LogP contribution is 2.35. The molecule has 88 heavy (non-hydrogen) atoms. The van der Waals surface area contributed by atoms with Gasteiger partial charge in [0, 0.05) is 36.6 Å². The molecule has 0 radical (unpaired) electrons. The first-order chi connectivity index (χ1) is 42.6. The Balaban J connectivity index is 0.000000151. The highest BCUT2D eigenvalue weighted by atomic mass is 35.5. The fourth-order valence-corrected chi connectivity index (χ4v) is 11.3. The van der Waals surface area contributed by atoms with E-state index in [4.69, 9.17) is 54.9 Å². The molecule has 0 spiro atoms. The number of amides is 1. The molecule has 7 heterocycles. The lowest BCUT2D eigenvalue weighted by Gasteiger charge is -2.26. The highest BCUT2D eigenvalue weighted by molar-refractivity contribution is 6.34. The fraction of sp³-hybridized carbons (Fsp3) is 0.265. The second-order valence-electron chi connectivity index (χ2n) is 21.9. The van der Waals surface area contributed by atoms with E-state index in [1.165, 1.54) is 22.3 Å². The average Bonchev–Trinajstić information content (AvgIpc) is 2.25. The minimum Gasteiger partial charge on any atom is -0.481 e. The number of benzene rings is 5. The van der Waals surface area contributed by atoms with Gasteiger partial charge < -0.3 is 30.5 Å². The SMILES string of the molecule is CC(C)(C)OC(=O)N1CCc2ccc(Cl)c(NN=C(c3ccccc3)c3ccccc3)c2CC1.Clc1ccc2c(c1-n1nccc1-c1ccccn1)CCNCC2.Clc1ccc2c(c1-n1nccc1-c1ccccn1)CCNCC2.O=C(O)CCC(=O)O. The van der Waals surface area contributed by atoms with Gasteiger partial charge in [0.05, 0.1) is 85.9 Å². The van der Waals surface area contributed by atoms with Crippen molar-refractivity contribution in [2.75, 3.05) is 44.7 Å². The molecule has 0 atom stereocenters. The van der Waals surface area contributed by atoms with E-state index in [-0.39, 0.29) is 18.9 Å². The number of ether oxygens (including phenoxy) is 1. The van der Waals surface area contributed by atoms with Crippen molar-refractivity contribution in [2.45, 2.75) is 77.7 Å². The zero-order chi connectivity index (χ0) is 62.0. The zero-order valence-corrected chi connectivity index (χ0v) is 51.6. The number of halogens is 3. The first-order valence-electron chi connectivity index (χ1n) is 29.2. The summed E-state index contributed by atoms with van der Waals surface area (Å²) in [7, 11) is 0. The number of nitrogens with one attached hydrogen (secondary N) is 3. The number of carboxylic acids is 2. The molecule has 0 aliphatic carbocycles. The molecule has 9 aromatic rings. The van der Waals surface area contributed by atoms with Gasteiger partial charge in [-0.3, -0.25) is 25.0 Å². The first-order valence-corrected chi connectivity index (χ1v) is 30.4. The molecule has 17 nitrogen and oxygen atoms in total. The maximum atomic E-state index is 12.6. The lowest BCUT2D eigenvalue weighted by atomic mass is 10.0.